The molecule has 0 aromatic heterocycles. The quantitative estimate of drug-likeness (QED) is 0.388. The third-order valence-corrected chi connectivity index (χ3v) is 5.02. The van der Waals surface area contributed by atoms with Crippen molar-refractivity contribution in [3.05, 3.63) is 23.8 Å². The second kappa shape index (κ2) is 9.10. The van der Waals surface area contributed by atoms with Gasteiger partial charge in [0.15, 0.2) is 8.34 Å². The lowest BCUT2D eigenvalue weighted by Gasteiger charge is -2.12. The van der Waals surface area contributed by atoms with E-state index in [4.69, 9.17) is 46.4 Å². The van der Waals surface area contributed by atoms with Crippen LogP contribution < -0.4 is 0 Å². The van der Waals surface area contributed by atoms with Crippen LogP contribution in [-0.2, 0) is 6.42 Å². The smallest absolute Gasteiger partial charge is 0.0928 e. The zero-order valence-corrected chi connectivity index (χ0v) is 14.5. The van der Waals surface area contributed by atoms with Crippen LogP contribution in [0.2, 0.25) is 0 Å². The van der Waals surface area contributed by atoms with Crippen molar-refractivity contribution in [1.29, 1.82) is 0 Å². The summed E-state index contributed by atoms with van der Waals surface area (Å²) < 4.78 is -0.982. The van der Waals surface area contributed by atoms with Gasteiger partial charge in [-0.3, -0.25) is 0 Å². The predicted molar refractivity (Wildman–Crippen MR) is 87.8 cm³/mol. The molecular weight excluding hydrogens is 350 g/mol. The third kappa shape index (κ3) is 6.49. The fourth-order valence-corrected chi connectivity index (χ4v) is 4.02. The molecule has 0 radical (unpaired) electrons. The fraction of sp³-hybridized carbons (Fsp3) is 0.500. The number of halogens is 4. The molecule has 0 nitrogen and oxygen atoms in total. The maximum absolute atomic E-state index is 5.83. The second-order valence-corrected chi connectivity index (χ2v) is 9.16. The Labute approximate surface area is 137 Å². The first kappa shape index (κ1) is 17.1. The molecule has 0 N–H and O–H groups in total. The van der Waals surface area contributed by atoms with Crippen molar-refractivity contribution in [2.75, 3.05) is 0 Å². The Hall–Kier alpha value is 1.08. The standard InChI is InChI=1S/C12H14Cl4S2/c1-2-3-4-8-5-6-9(17-11(13)14)10(7-8)18-12(15)16/h5-7,11-12H,2-4H2,1H3. The molecule has 1 aromatic carbocycles. The topological polar surface area (TPSA) is 0 Å². The van der Waals surface area contributed by atoms with Crippen molar-refractivity contribution in [3.8, 4) is 0 Å². The van der Waals surface area contributed by atoms with Gasteiger partial charge in [0.25, 0.3) is 0 Å². The van der Waals surface area contributed by atoms with Gasteiger partial charge in [0.05, 0.1) is 0 Å². The van der Waals surface area contributed by atoms with Gasteiger partial charge in [0.1, 0.15) is 0 Å². The van der Waals surface area contributed by atoms with E-state index in [2.05, 4.69) is 19.1 Å². The van der Waals surface area contributed by atoms with Crippen LogP contribution in [0.25, 0.3) is 0 Å². The van der Waals surface area contributed by atoms with Crippen LogP contribution in [0.15, 0.2) is 28.0 Å². The van der Waals surface area contributed by atoms with Crippen LogP contribution >= 0.6 is 69.9 Å². The van der Waals surface area contributed by atoms with Crippen LogP contribution in [0.4, 0.5) is 0 Å². The molecule has 0 atom stereocenters. The number of benzene rings is 1. The minimum absolute atomic E-state index is 0.491. The molecule has 0 amide bonds. The van der Waals surface area contributed by atoms with E-state index >= 15 is 0 Å². The van der Waals surface area contributed by atoms with Gasteiger partial charge < -0.3 is 0 Å². The van der Waals surface area contributed by atoms with E-state index in [-0.39, 0.29) is 0 Å². The van der Waals surface area contributed by atoms with E-state index in [1.54, 1.807) is 0 Å². The number of hydrogen-bond acceptors (Lipinski definition) is 2. The van der Waals surface area contributed by atoms with E-state index in [1.807, 2.05) is 6.07 Å². The highest BCUT2D eigenvalue weighted by molar-refractivity contribution is 8.05. The van der Waals surface area contributed by atoms with Crippen molar-refractivity contribution in [3.63, 3.8) is 0 Å². The Morgan fingerprint density at radius 1 is 1.00 bits per heavy atom. The predicted octanol–water partition coefficient (Wildman–Crippen LogP) is 6.74. The summed E-state index contributed by atoms with van der Waals surface area (Å²) in [6.07, 6.45) is 3.42. The first-order valence-electron chi connectivity index (χ1n) is 5.55. The van der Waals surface area contributed by atoms with Crippen molar-refractivity contribution >= 4 is 69.9 Å². The van der Waals surface area contributed by atoms with E-state index < -0.39 is 8.34 Å². The van der Waals surface area contributed by atoms with Crippen molar-refractivity contribution < 1.29 is 0 Å². The molecule has 6 heteroatoms. The highest BCUT2D eigenvalue weighted by Crippen LogP contribution is 2.40. The monoisotopic (exact) mass is 362 g/mol. The zero-order valence-electron chi connectivity index (χ0n) is 9.84. The van der Waals surface area contributed by atoms with Crippen LogP contribution in [0.3, 0.4) is 0 Å². The van der Waals surface area contributed by atoms with Crippen molar-refractivity contribution in [2.45, 2.75) is 44.3 Å². The number of thioether (sulfide) groups is 2. The molecule has 0 aliphatic carbocycles. The maximum Gasteiger partial charge on any atom is 0.157 e. The molecule has 0 saturated heterocycles. The Morgan fingerprint density at radius 3 is 2.17 bits per heavy atom. The van der Waals surface area contributed by atoms with Crippen LogP contribution in [0.5, 0.6) is 0 Å². The summed E-state index contributed by atoms with van der Waals surface area (Å²) in [6, 6.07) is 6.26. The molecule has 0 bridgehead atoms. The Balaban J connectivity index is 2.88. The first-order chi connectivity index (χ1) is 8.52. The number of hydrogen-bond donors (Lipinski definition) is 0. The summed E-state index contributed by atoms with van der Waals surface area (Å²) in [5, 5.41) is 0. The molecule has 0 saturated carbocycles. The molecule has 102 valence electrons. The van der Waals surface area contributed by atoms with Gasteiger partial charge >= 0.3 is 0 Å². The van der Waals surface area contributed by atoms with Crippen LogP contribution in [0.1, 0.15) is 25.3 Å². The average Bonchev–Trinajstić information content (AvgIpc) is 2.28. The van der Waals surface area contributed by atoms with E-state index in [0.29, 0.717) is 0 Å². The van der Waals surface area contributed by atoms with Gasteiger partial charge in [-0.2, -0.15) is 0 Å². The molecule has 0 aliphatic rings. The SMILES string of the molecule is CCCCc1ccc(SC(Cl)Cl)c(SC(Cl)Cl)c1. The van der Waals surface area contributed by atoms with Crippen molar-refractivity contribution in [1.82, 2.24) is 0 Å². The Kier molecular flexibility index (Phi) is 8.66. The second-order valence-electron chi connectivity index (χ2n) is 3.64. The summed E-state index contributed by atoms with van der Waals surface area (Å²) >= 11 is 26.1. The van der Waals surface area contributed by atoms with Gasteiger partial charge in [-0.15, -0.1) is 0 Å². The molecule has 0 heterocycles. The van der Waals surface area contributed by atoms with Crippen molar-refractivity contribution in [2.24, 2.45) is 0 Å². The van der Waals surface area contributed by atoms with Crippen LogP contribution in [-0.4, -0.2) is 8.34 Å². The Bertz CT molecular complexity index is 369. The molecule has 18 heavy (non-hydrogen) atoms. The molecule has 0 aliphatic heterocycles. The van der Waals surface area contributed by atoms with Crippen LogP contribution in [0, 0.1) is 0 Å². The Morgan fingerprint density at radius 2 is 1.61 bits per heavy atom. The third-order valence-electron chi connectivity index (χ3n) is 2.26. The summed E-state index contributed by atoms with van der Waals surface area (Å²) in [4.78, 5) is 2.05. The van der Waals surface area contributed by atoms with E-state index in [0.717, 1.165) is 16.2 Å². The molecule has 0 unspecified atom stereocenters. The first-order valence-corrected chi connectivity index (χ1v) is 9.06. The molecule has 0 spiro atoms. The molecule has 1 aromatic rings. The van der Waals surface area contributed by atoms with Gasteiger partial charge in [-0.1, -0.05) is 89.3 Å². The largest absolute Gasteiger partial charge is 0.157 e. The van der Waals surface area contributed by atoms with E-state index in [9.17, 15) is 0 Å². The summed E-state index contributed by atoms with van der Waals surface area (Å²) in [6.45, 7) is 2.18. The zero-order chi connectivity index (χ0) is 13.5. The summed E-state index contributed by atoms with van der Waals surface area (Å²) in [5.74, 6) is 0. The summed E-state index contributed by atoms with van der Waals surface area (Å²) in [7, 11) is 0. The lowest BCUT2D eigenvalue weighted by Crippen LogP contribution is -1.90. The van der Waals surface area contributed by atoms with Gasteiger partial charge in [0, 0.05) is 9.79 Å². The fourth-order valence-electron chi connectivity index (χ4n) is 1.47. The average molecular weight is 364 g/mol. The highest BCUT2D eigenvalue weighted by Gasteiger charge is 2.12. The molecule has 0 fully saturated rings. The number of unbranched alkanes of at least 4 members (excludes halogenated alkanes) is 1. The molecular formula is C12H14Cl4S2. The number of aryl methyl sites for hydroxylation is 1. The normalized spacial score (nSPS) is 11.5. The lowest BCUT2D eigenvalue weighted by atomic mass is 10.1. The lowest BCUT2D eigenvalue weighted by molar-refractivity contribution is 0.792. The van der Waals surface area contributed by atoms with Gasteiger partial charge in [-0.05, 0) is 30.5 Å². The number of rotatable bonds is 7. The summed E-state index contributed by atoms with van der Waals surface area (Å²) in [5.41, 5.74) is 1.29. The molecule has 1 rings (SSSR count). The van der Waals surface area contributed by atoms with E-state index in [1.165, 1.54) is 41.9 Å². The highest BCUT2D eigenvalue weighted by atomic mass is 35.5. The van der Waals surface area contributed by atoms with Gasteiger partial charge in [-0.25, -0.2) is 0 Å². The minimum atomic E-state index is -0.491. The van der Waals surface area contributed by atoms with Gasteiger partial charge in [0.2, 0.25) is 0 Å². The number of alkyl halides is 4. The minimum Gasteiger partial charge on any atom is -0.0928 e. The maximum atomic E-state index is 5.83.